The summed E-state index contributed by atoms with van der Waals surface area (Å²) < 4.78 is 29.8. The minimum atomic E-state index is -3.70. The number of benzene rings is 1. The molecule has 1 N–H and O–H groups in total. The average molecular weight is 439 g/mol. The fraction of sp³-hybridized carbons (Fsp3) is 0.316. The van der Waals surface area contributed by atoms with Gasteiger partial charge < -0.3 is 9.80 Å². The lowest BCUT2D eigenvalue weighted by molar-refractivity contribution is 0.312. The van der Waals surface area contributed by atoms with E-state index in [9.17, 15) is 8.42 Å². The van der Waals surface area contributed by atoms with Crippen LogP contribution in [0, 0.1) is 6.92 Å². The van der Waals surface area contributed by atoms with Gasteiger partial charge in [0.25, 0.3) is 10.0 Å². The largest absolute Gasteiger partial charge is 0.353 e. The van der Waals surface area contributed by atoms with Crippen LogP contribution in [-0.4, -0.2) is 51.5 Å². The van der Waals surface area contributed by atoms with Crippen LogP contribution < -0.4 is 9.62 Å². The van der Waals surface area contributed by atoms with Gasteiger partial charge in [-0.3, -0.25) is 4.72 Å². The third-order valence-electron chi connectivity index (χ3n) is 4.83. The molecular weight excluding hydrogens is 416 g/mol. The van der Waals surface area contributed by atoms with Gasteiger partial charge in [-0.2, -0.15) is 0 Å². The third kappa shape index (κ3) is 4.10. The predicted octanol–water partition coefficient (Wildman–Crippen LogP) is 3.58. The normalized spacial score (nSPS) is 15.4. The van der Waals surface area contributed by atoms with Crippen LogP contribution in [0.1, 0.15) is 5.56 Å². The lowest BCUT2D eigenvalue weighted by Crippen LogP contribution is -2.44. The highest BCUT2D eigenvalue weighted by Crippen LogP contribution is 2.36. The number of likely N-dealkylation sites (N-methyl/N-ethyl adjacent to an activating group) is 1. The van der Waals surface area contributed by atoms with Crippen LogP contribution in [0.15, 0.2) is 46.8 Å². The Morgan fingerprint density at radius 3 is 2.43 bits per heavy atom. The van der Waals surface area contributed by atoms with E-state index in [2.05, 4.69) is 26.6 Å². The van der Waals surface area contributed by atoms with Crippen LogP contribution in [0.2, 0.25) is 0 Å². The maximum absolute atomic E-state index is 13.1. The molecule has 2 aromatic heterocycles. The smallest absolute Gasteiger partial charge is 0.263 e. The van der Waals surface area contributed by atoms with E-state index in [1.54, 1.807) is 23.7 Å². The van der Waals surface area contributed by atoms with Crippen molar-refractivity contribution in [3.63, 3.8) is 0 Å². The van der Waals surface area contributed by atoms with Gasteiger partial charge in [0.2, 0.25) is 0 Å². The zero-order valence-electron chi connectivity index (χ0n) is 15.8. The monoisotopic (exact) mass is 438 g/mol. The van der Waals surface area contributed by atoms with Gasteiger partial charge in [0.15, 0.2) is 0 Å². The van der Waals surface area contributed by atoms with Crippen molar-refractivity contribution in [1.82, 2.24) is 9.88 Å². The highest BCUT2D eigenvalue weighted by atomic mass is 35.5. The molecule has 1 saturated heterocycles. The topological polar surface area (TPSA) is 65.5 Å². The molecule has 0 saturated carbocycles. The lowest BCUT2D eigenvalue weighted by Gasteiger charge is -2.33. The van der Waals surface area contributed by atoms with Crippen LogP contribution in [-0.2, 0) is 10.0 Å². The first-order chi connectivity index (χ1) is 12.9. The van der Waals surface area contributed by atoms with Crippen molar-refractivity contribution >= 4 is 55.4 Å². The molecule has 0 unspecified atom stereocenters. The quantitative estimate of drug-likeness (QED) is 0.674. The molecule has 1 aliphatic rings. The number of hydrogen-bond acceptors (Lipinski definition) is 6. The van der Waals surface area contributed by atoms with Crippen LogP contribution >= 0.6 is 23.7 Å². The number of aryl methyl sites for hydroxylation is 1. The Labute approximate surface area is 175 Å². The van der Waals surface area contributed by atoms with Crippen molar-refractivity contribution < 1.29 is 8.42 Å². The molecule has 0 aliphatic carbocycles. The summed E-state index contributed by atoms with van der Waals surface area (Å²) in [6, 6.07) is 9.22. The highest BCUT2D eigenvalue weighted by molar-refractivity contribution is 7.93. The number of hydrogen-bond donors (Lipinski definition) is 1. The summed E-state index contributed by atoms with van der Waals surface area (Å²) in [5.41, 5.74) is 1.64. The number of nitrogens with zero attached hydrogens (tertiary/aromatic N) is 3. The Morgan fingerprint density at radius 1 is 1.07 bits per heavy atom. The summed E-state index contributed by atoms with van der Waals surface area (Å²) in [6.45, 7) is 5.52. The Hall–Kier alpha value is -1.87. The van der Waals surface area contributed by atoms with Gasteiger partial charge in [-0.1, -0.05) is 17.7 Å². The SMILES string of the molecule is Cc1ccc(NS(=O)(=O)c2csc3ccnc(N4CCN(C)CC4)c23)cc1.Cl. The number of aromatic nitrogens is 1. The molecule has 0 radical (unpaired) electrons. The van der Waals surface area contributed by atoms with Gasteiger partial charge >= 0.3 is 0 Å². The fourth-order valence-electron chi connectivity index (χ4n) is 3.23. The first-order valence-electron chi connectivity index (χ1n) is 8.83. The Bertz CT molecular complexity index is 1060. The molecule has 6 nitrogen and oxygen atoms in total. The molecule has 0 spiro atoms. The zero-order valence-corrected chi connectivity index (χ0v) is 18.2. The summed E-state index contributed by atoms with van der Waals surface area (Å²) in [5.74, 6) is 0.756. The predicted molar refractivity (Wildman–Crippen MR) is 119 cm³/mol. The molecule has 3 heterocycles. The van der Waals surface area contributed by atoms with Gasteiger partial charge in [0.1, 0.15) is 10.7 Å². The van der Waals surface area contributed by atoms with E-state index in [0.29, 0.717) is 16.0 Å². The van der Waals surface area contributed by atoms with Crippen LogP contribution in [0.4, 0.5) is 11.5 Å². The van der Waals surface area contributed by atoms with E-state index in [4.69, 9.17) is 0 Å². The van der Waals surface area contributed by atoms with Gasteiger partial charge in [0, 0.05) is 48.1 Å². The van der Waals surface area contributed by atoms with Gasteiger partial charge in [-0.25, -0.2) is 13.4 Å². The molecule has 1 fully saturated rings. The van der Waals surface area contributed by atoms with Crippen molar-refractivity contribution in [3.05, 3.63) is 47.5 Å². The van der Waals surface area contributed by atoms with E-state index >= 15 is 0 Å². The molecule has 0 bridgehead atoms. The number of sulfonamides is 1. The van der Waals surface area contributed by atoms with Crippen molar-refractivity contribution in [2.45, 2.75) is 11.8 Å². The number of halogens is 1. The molecule has 1 aromatic carbocycles. The van der Waals surface area contributed by atoms with Gasteiger partial charge in [0.05, 0.1) is 5.39 Å². The molecule has 0 atom stereocenters. The number of fused-ring (bicyclic) bond motifs is 1. The summed E-state index contributed by atoms with van der Waals surface area (Å²) in [4.78, 5) is 9.28. The van der Waals surface area contributed by atoms with Gasteiger partial charge in [-0.15, -0.1) is 23.7 Å². The molecule has 150 valence electrons. The van der Waals surface area contributed by atoms with Crippen molar-refractivity contribution in [2.24, 2.45) is 0 Å². The average Bonchev–Trinajstić information content (AvgIpc) is 3.09. The van der Waals surface area contributed by atoms with E-state index in [0.717, 1.165) is 42.3 Å². The maximum Gasteiger partial charge on any atom is 0.263 e. The highest BCUT2D eigenvalue weighted by Gasteiger charge is 2.25. The van der Waals surface area contributed by atoms with Crippen LogP contribution in [0.3, 0.4) is 0 Å². The van der Waals surface area contributed by atoms with E-state index in [1.165, 1.54) is 11.3 Å². The summed E-state index contributed by atoms with van der Waals surface area (Å²) in [5, 5.41) is 2.43. The molecule has 3 aromatic rings. The molecule has 9 heteroatoms. The van der Waals surface area contributed by atoms with Crippen molar-refractivity contribution in [2.75, 3.05) is 42.8 Å². The van der Waals surface area contributed by atoms with Gasteiger partial charge in [-0.05, 0) is 32.2 Å². The van der Waals surface area contributed by atoms with Crippen molar-refractivity contribution in [3.8, 4) is 0 Å². The maximum atomic E-state index is 13.1. The second-order valence-electron chi connectivity index (χ2n) is 6.87. The number of rotatable bonds is 4. The lowest BCUT2D eigenvalue weighted by atomic mass is 10.2. The number of piperazine rings is 1. The molecule has 28 heavy (non-hydrogen) atoms. The van der Waals surface area contributed by atoms with E-state index in [-0.39, 0.29) is 12.4 Å². The third-order valence-corrected chi connectivity index (χ3v) is 7.33. The number of pyridine rings is 1. The molecule has 1 aliphatic heterocycles. The summed E-state index contributed by atoms with van der Waals surface area (Å²) in [6.07, 6.45) is 1.76. The summed E-state index contributed by atoms with van der Waals surface area (Å²) in [7, 11) is -1.60. The Kier molecular flexibility index (Phi) is 6.14. The minimum Gasteiger partial charge on any atom is -0.353 e. The Balaban J connectivity index is 0.00000225. The molecule has 0 amide bonds. The van der Waals surface area contributed by atoms with Crippen LogP contribution in [0.25, 0.3) is 10.1 Å². The van der Waals surface area contributed by atoms with Crippen molar-refractivity contribution in [1.29, 1.82) is 0 Å². The standard InChI is InChI=1S/C19H22N4O2S2.ClH/c1-14-3-5-15(6-4-14)21-27(24,25)17-13-26-16-7-8-20-19(18(16)17)23-11-9-22(2)10-12-23;/h3-8,13,21H,9-12H2,1-2H3;1H. The molecule has 4 rings (SSSR count). The second-order valence-corrected chi connectivity index (χ2v) is 9.43. The first kappa shape index (κ1) is 20.9. The molecular formula is C19H23ClN4O2S2. The number of thiophene rings is 1. The van der Waals surface area contributed by atoms with E-state index in [1.807, 2.05) is 25.1 Å². The van der Waals surface area contributed by atoms with E-state index < -0.39 is 10.0 Å². The Morgan fingerprint density at radius 2 is 1.75 bits per heavy atom. The first-order valence-corrected chi connectivity index (χ1v) is 11.2. The number of anilines is 2. The van der Waals surface area contributed by atoms with Crippen LogP contribution in [0.5, 0.6) is 0 Å². The number of nitrogens with one attached hydrogen (secondary N) is 1. The minimum absolute atomic E-state index is 0. The summed E-state index contributed by atoms with van der Waals surface area (Å²) >= 11 is 1.44. The second kappa shape index (κ2) is 8.24. The zero-order chi connectivity index (χ0) is 19.0. The fourth-order valence-corrected chi connectivity index (χ4v) is 5.78.